The van der Waals surface area contributed by atoms with E-state index in [9.17, 15) is 0 Å². The molecule has 0 heterocycles. The molecule has 3 nitrogen and oxygen atoms in total. The van der Waals surface area contributed by atoms with E-state index in [1.807, 2.05) is 18.2 Å². The zero-order chi connectivity index (χ0) is 15.5. The summed E-state index contributed by atoms with van der Waals surface area (Å²) in [5.74, 6) is 7.43. The van der Waals surface area contributed by atoms with Crippen LogP contribution in [-0.2, 0) is 11.3 Å². The van der Waals surface area contributed by atoms with Crippen LogP contribution in [0.15, 0.2) is 18.2 Å². The van der Waals surface area contributed by atoms with Crippen molar-refractivity contribution in [1.29, 1.82) is 0 Å². The van der Waals surface area contributed by atoms with E-state index in [1.165, 1.54) is 6.42 Å². The van der Waals surface area contributed by atoms with Gasteiger partial charge in [-0.1, -0.05) is 31.8 Å². The van der Waals surface area contributed by atoms with E-state index in [2.05, 4.69) is 25.7 Å². The molecule has 0 aliphatic heterocycles. The van der Waals surface area contributed by atoms with E-state index in [0.29, 0.717) is 13.0 Å². The molecule has 0 amide bonds. The molecule has 1 rings (SSSR count). The summed E-state index contributed by atoms with van der Waals surface area (Å²) in [5.41, 5.74) is 1.93. The Bertz CT molecular complexity index is 469. The third kappa shape index (κ3) is 7.17. The first-order chi connectivity index (χ1) is 10.2. The van der Waals surface area contributed by atoms with Crippen molar-refractivity contribution in [2.24, 2.45) is 5.92 Å². The van der Waals surface area contributed by atoms with Crippen molar-refractivity contribution in [2.75, 3.05) is 20.3 Å². The summed E-state index contributed by atoms with van der Waals surface area (Å²) in [4.78, 5) is 0. The van der Waals surface area contributed by atoms with Crippen LogP contribution in [0.1, 0.15) is 44.2 Å². The smallest absolute Gasteiger partial charge is 0.134 e. The Balaban J connectivity index is 2.55. The molecule has 116 valence electrons. The minimum absolute atomic E-state index is 0.0773. The average molecular weight is 290 g/mol. The molecule has 0 bridgehead atoms. The monoisotopic (exact) mass is 290 g/mol. The molecule has 3 heteroatoms. The molecule has 0 aromatic heterocycles. The van der Waals surface area contributed by atoms with Crippen LogP contribution in [0, 0.1) is 17.8 Å². The number of benzene rings is 1. The molecular weight excluding hydrogens is 264 g/mol. The van der Waals surface area contributed by atoms with E-state index in [4.69, 9.17) is 14.6 Å². The molecule has 0 unspecified atom stereocenters. The Hall–Kier alpha value is -1.50. The third-order valence-electron chi connectivity index (χ3n) is 3.06. The minimum atomic E-state index is 0.0773. The first-order valence-corrected chi connectivity index (χ1v) is 7.51. The lowest BCUT2D eigenvalue weighted by molar-refractivity contribution is 0.115. The first-order valence-electron chi connectivity index (χ1n) is 7.51. The Morgan fingerprint density at radius 3 is 2.76 bits per heavy atom. The molecule has 1 aromatic rings. The van der Waals surface area contributed by atoms with E-state index < -0.39 is 0 Å². The predicted molar refractivity (Wildman–Crippen MR) is 85.3 cm³/mol. The Kier molecular flexibility index (Phi) is 8.57. The fourth-order valence-corrected chi connectivity index (χ4v) is 1.94. The normalized spacial score (nSPS) is 10.3. The highest BCUT2D eigenvalue weighted by atomic mass is 16.5. The summed E-state index contributed by atoms with van der Waals surface area (Å²) in [6.45, 7) is 5.90. The topological polar surface area (TPSA) is 38.7 Å². The van der Waals surface area contributed by atoms with Gasteiger partial charge in [0.25, 0.3) is 0 Å². The second-order valence-electron chi connectivity index (χ2n) is 5.40. The highest BCUT2D eigenvalue weighted by Gasteiger charge is 2.03. The fraction of sp³-hybridized carbons (Fsp3) is 0.556. The SMILES string of the molecule is COc1ccc(COCCCC(C)C)cc1C#CCCO. The molecule has 0 spiro atoms. The van der Waals surface area contributed by atoms with Crippen LogP contribution < -0.4 is 4.74 Å². The van der Waals surface area contributed by atoms with Crippen molar-refractivity contribution in [2.45, 2.75) is 39.7 Å². The average Bonchev–Trinajstić information content (AvgIpc) is 2.47. The Labute approximate surface area is 128 Å². The van der Waals surface area contributed by atoms with Gasteiger partial charge >= 0.3 is 0 Å². The van der Waals surface area contributed by atoms with Crippen LogP contribution in [0.2, 0.25) is 0 Å². The first kappa shape index (κ1) is 17.6. The molecule has 0 aliphatic carbocycles. The van der Waals surface area contributed by atoms with Crippen molar-refractivity contribution in [3.63, 3.8) is 0 Å². The molecule has 0 aliphatic rings. The van der Waals surface area contributed by atoms with Crippen LogP contribution in [0.5, 0.6) is 5.75 Å². The van der Waals surface area contributed by atoms with E-state index >= 15 is 0 Å². The molecule has 0 saturated carbocycles. The number of methoxy groups -OCH3 is 1. The minimum Gasteiger partial charge on any atom is -0.495 e. The quantitative estimate of drug-likeness (QED) is 0.589. The predicted octanol–water partition coefficient (Wildman–Crippen LogP) is 3.38. The maximum Gasteiger partial charge on any atom is 0.134 e. The van der Waals surface area contributed by atoms with Gasteiger partial charge in [0.15, 0.2) is 0 Å². The summed E-state index contributed by atoms with van der Waals surface area (Å²) >= 11 is 0. The number of hydrogen-bond donors (Lipinski definition) is 1. The summed E-state index contributed by atoms with van der Waals surface area (Å²) in [6.07, 6.45) is 2.76. The van der Waals surface area contributed by atoms with Gasteiger partial charge in [0.05, 0.1) is 25.9 Å². The lowest BCUT2D eigenvalue weighted by Gasteiger charge is -2.08. The maximum absolute atomic E-state index is 8.78. The largest absolute Gasteiger partial charge is 0.495 e. The van der Waals surface area contributed by atoms with Crippen molar-refractivity contribution < 1.29 is 14.6 Å². The van der Waals surface area contributed by atoms with Crippen molar-refractivity contribution in [1.82, 2.24) is 0 Å². The van der Waals surface area contributed by atoms with Gasteiger partial charge in [-0.15, -0.1) is 0 Å². The Morgan fingerprint density at radius 1 is 1.29 bits per heavy atom. The van der Waals surface area contributed by atoms with Gasteiger partial charge in [0, 0.05) is 13.0 Å². The molecule has 21 heavy (non-hydrogen) atoms. The van der Waals surface area contributed by atoms with Crippen LogP contribution in [0.4, 0.5) is 0 Å². The van der Waals surface area contributed by atoms with E-state index in [0.717, 1.165) is 35.8 Å². The number of hydrogen-bond acceptors (Lipinski definition) is 3. The van der Waals surface area contributed by atoms with Gasteiger partial charge in [-0.2, -0.15) is 0 Å². The zero-order valence-corrected chi connectivity index (χ0v) is 13.3. The number of aliphatic hydroxyl groups is 1. The lowest BCUT2D eigenvalue weighted by Crippen LogP contribution is -1.99. The maximum atomic E-state index is 8.78. The molecule has 0 atom stereocenters. The second-order valence-corrected chi connectivity index (χ2v) is 5.40. The van der Waals surface area contributed by atoms with Crippen LogP contribution in [0.3, 0.4) is 0 Å². The molecule has 1 N–H and O–H groups in total. The van der Waals surface area contributed by atoms with Gasteiger partial charge in [-0.05, 0) is 36.5 Å². The fourth-order valence-electron chi connectivity index (χ4n) is 1.94. The van der Waals surface area contributed by atoms with Gasteiger partial charge in [0.1, 0.15) is 5.75 Å². The molecule has 0 fully saturated rings. The summed E-state index contributed by atoms with van der Waals surface area (Å²) in [6, 6.07) is 5.90. The number of rotatable bonds is 8. The summed E-state index contributed by atoms with van der Waals surface area (Å²) < 4.78 is 11.0. The van der Waals surface area contributed by atoms with Gasteiger partial charge in [-0.3, -0.25) is 0 Å². The van der Waals surface area contributed by atoms with E-state index in [-0.39, 0.29) is 6.61 Å². The molecule has 0 saturated heterocycles. The highest BCUT2D eigenvalue weighted by Crippen LogP contribution is 2.19. The van der Waals surface area contributed by atoms with Crippen molar-refractivity contribution in [3.8, 4) is 17.6 Å². The van der Waals surface area contributed by atoms with Gasteiger partial charge < -0.3 is 14.6 Å². The second kappa shape index (κ2) is 10.3. The van der Waals surface area contributed by atoms with Crippen molar-refractivity contribution in [3.05, 3.63) is 29.3 Å². The van der Waals surface area contributed by atoms with Crippen LogP contribution >= 0.6 is 0 Å². The standard InChI is InChI=1S/C18H26O3/c1-15(2)7-6-12-21-14-16-9-10-18(20-3)17(13-16)8-4-5-11-19/h9-10,13,15,19H,5-7,11-12,14H2,1-3H3. The molecular formula is C18H26O3. The van der Waals surface area contributed by atoms with Crippen LogP contribution in [-0.4, -0.2) is 25.4 Å². The highest BCUT2D eigenvalue weighted by molar-refractivity contribution is 5.48. The number of aliphatic hydroxyl groups excluding tert-OH is 1. The van der Waals surface area contributed by atoms with Gasteiger partial charge in [0.2, 0.25) is 0 Å². The van der Waals surface area contributed by atoms with Crippen molar-refractivity contribution >= 4 is 0 Å². The molecule has 1 aromatic carbocycles. The van der Waals surface area contributed by atoms with Crippen LogP contribution in [0.25, 0.3) is 0 Å². The Morgan fingerprint density at radius 2 is 2.10 bits per heavy atom. The van der Waals surface area contributed by atoms with E-state index in [1.54, 1.807) is 7.11 Å². The third-order valence-corrected chi connectivity index (χ3v) is 3.06. The molecule has 0 radical (unpaired) electrons. The number of ether oxygens (including phenoxy) is 2. The summed E-state index contributed by atoms with van der Waals surface area (Å²) in [5, 5.41) is 8.78. The lowest BCUT2D eigenvalue weighted by atomic mass is 10.1. The van der Waals surface area contributed by atoms with Gasteiger partial charge in [-0.25, -0.2) is 0 Å². The zero-order valence-electron chi connectivity index (χ0n) is 13.3. The summed E-state index contributed by atoms with van der Waals surface area (Å²) in [7, 11) is 1.63.